The minimum Gasteiger partial charge on any atom is -0.353 e. The molecule has 0 saturated carbocycles. The minimum atomic E-state index is -4.53. The van der Waals surface area contributed by atoms with Crippen molar-refractivity contribution in [1.29, 1.82) is 0 Å². The summed E-state index contributed by atoms with van der Waals surface area (Å²) in [6.07, 6.45) is -4.19. The molecule has 2 aliphatic heterocycles. The summed E-state index contributed by atoms with van der Waals surface area (Å²) in [5, 5.41) is 13.8. The van der Waals surface area contributed by atoms with Crippen LogP contribution in [0.2, 0.25) is 0 Å². The van der Waals surface area contributed by atoms with Gasteiger partial charge in [-0.2, -0.15) is 13.2 Å². The van der Waals surface area contributed by atoms with Crippen LogP contribution in [0.4, 0.5) is 18.9 Å². The van der Waals surface area contributed by atoms with Crippen LogP contribution in [-0.4, -0.2) is 63.9 Å². The Kier molecular flexibility index (Phi) is 8.42. The van der Waals surface area contributed by atoms with Gasteiger partial charge in [0.1, 0.15) is 11.8 Å². The molecular formula is C31H29F3N4O6. The lowest BCUT2D eigenvalue weighted by molar-refractivity contribution is -0.384. The van der Waals surface area contributed by atoms with Crippen LogP contribution >= 0.6 is 0 Å². The molecule has 0 radical (unpaired) electrons. The maximum Gasteiger partial charge on any atom is 0.416 e. The van der Waals surface area contributed by atoms with E-state index in [0.717, 1.165) is 17.7 Å². The van der Waals surface area contributed by atoms with Crippen LogP contribution in [-0.2, 0) is 22.3 Å². The molecule has 1 spiro atoms. The van der Waals surface area contributed by atoms with E-state index in [-0.39, 0.29) is 55.9 Å². The molecule has 0 bridgehead atoms. The minimum absolute atomic E-state index is 0.148. The molecular weight excluding hydrogens is 581 g/mol. The summed E-state index contributed by atoms with van der Waals surface area (Å²) in [6, 6.07) is 15.8. The van der Waals surface area contributed by atoms with Gasteiger partial charge in [-0.25, -0.2) is 0 Å². The van der Waals surface area contributed by atoms with Crippen LogP contribution in [0.25, 0.3) is 0 Å². The van der Waals surface area contributed by atoms with Crippen LogP contribution in [0.1, 0.15) is 50.2 Å². The van der Waals surface area contributed by atoms with Crippen molar-refractivity contribution in [3.63, 3.8) is 0 Å². The summed E-state index contributed by atoms with van der Waals surface area (Å²) in [4.78, 5) is 54.0. The van der Waals surface area contributed by atoms with E-state index in [0.29, 0.717) is 5.56 Å². The largest absolute Gasteiger partial charge is 0.416 e. The Balaban J connectivity index is 1.35. The maximum atomic E-state index is 13.9. The highest BCUT2D eigenvalue weighted by molar-refractivity contribution is 5.99. The van der Waals surface area contributed by atoms with E-state index in [9.17, 15) is 37.7 Å². The van der Waals surface area contributed by atoms with Crippen LogP contribution in [0.3, 0.4) is 0 Å². The Morgan fingerprint density at radius 2 is 1.66 bits per heavy atom. The number of non-ortho nitro benzene ring substituents is 1. The van der Waals surface area contributed by atoms with E-state index < -0.39 is 46.2 Å². The zero-order chi connectivity index (χ0) is 31.6. The first-order chi connectivity index (χ1) is 20.9. The predicted octanol–water partition coefficient (Wildman–Crippen LogP) is 4.71. The number of hydrogen-bond acceptors (Lipinski definition) is 6. The fraction of sp³-hybridized carbons (Fsp3) is 0.323. The second-order valence-corrected chi connectivity index (χ2v) is 10.8. The van der Waals surface area contributed by atoms with Gasteiger partial charge in [0.15, 0.2) is 0 Å². The molecule has 0 aliphatic carbocycles. The van der Waals surface area contributed by atoms with E-state index in [2.05, 4.69) is 5.32 Å². The smallest absolute Gasteiger partial charge is 0.353 e. The number of ether oxygens (including phenoxy) is 1. The molecule has 44 heavy (non-hydrogen) atoms. The molecule has 5 rings (SSSR count). The fourth-order valence-corrected chi connectivity index (χ4v) is 5.56. The lowest BCUT2D eigenvalue weighted by Gasteiger charge is -2.44. The van der Waals surface area contributed by atoms with Gasteiger partial charge in [0.2, 0.25) is 5.91 Å². The summed E-state index contributed by atoms with van der Waals surface area (Å²) in [7, 11) is 0. The number of halogens is 3. The number of nitro groups is 1. The van der Waals surface area contributed by atoms with Gasteiger partial charge in [0.25, 0.3) is 17.5 Å². The summed E-state index contributed by atoms with van der Waals surface area (Å²) in [6.45, 7) is 1.83. The number of benzene rings is 3. The Hall–Kier alpha value is -4.78. The number of alkyl halides is 3. The molecule has 13 heteroatoms. The van der Waals surface area contributed by atoms with Gasteiger partial charge in [-0.15, -0.1) is 0 Å². The summed E-state index contributed by atoms with van der Waals surface area (Å²) in [5.74, 6) is -1.46. The summed E-state index contributed by atoms with van der Waals surface area (Å²) < 4.78 is 45.7. The van der Waals surface area contributed by atoms with E-state index in [1.807, 2.05) is 6.92 Å². The normalized spacial score (nSPS) is 17.9. The molecule has 2 saturated heterocycles. The van der Waals surface area contributed by atoms with Crippen molar-refractivity contribution >= 4 is 23.4 Å². The zero-order valence-electron chi connectivity index (χ0n) is 23.7. The van der Waals surface area contributed by atoms with Gasteiger partial charge in [0.05, 0.1) is 17.1 Å². The highest BCUT2D eigenvalue weighted by Gasteiger charge is 2.54. The monoisotopic (exact) mass is 610 g/mol. The third kappa shape index (κ3) is 6.27. The van der Waals surface area contributed by atoms with E-state index in [1.165, 1.54) is 46.2 Å². The van der Waals surface area contributed by atoms with Gasteiger partial charge >= 0.3 is 6.18 Å². The van der Waals surface area contributed by atoms with Crippen molar-refractivity contribution in [2.75, 3.05) is 19.7 Å². The number of nitro benzene ring substituents is 1. The van der Waals surface area contributed by atoms with E-state index in [1.54, 1.807) is 24.3 Å². The first kappa shape index (κ1) is 30.7. The number of nitrogens with zero attached hydrogens (tertiary/aromatic N) is 3. The number of hydrogen-bond donors (Lipinski definition) is 1. The van der Waals surface area contributed by atoms with Crippen LogP contribution in [0.15, 0.2) is 72.8 Å². The maximum absolute atomic E-state index is 13.9. The highest BCUT2D eigenvalue weighted by atomic mass is 19.4. The van der Waals surface area contributed by atoms with Crippen molar-refractivity contribution in [3.05, 3.63) is 111 Å². The van der Waals surface area contributed by atoms with Crippen LogP contribution < -0.4 is 5.32 Å². The molecule has 3 aromatic carbocycles. The standard InChI is InChI=1S/C31H29F3N4O6/c1-20-8-10-22(11-9-20)29(41)37-26(27(39)35-18-21-4-2-6-24(16-21)31(32,33)34)19-44-30(37)12-14-36(15-13-30)28(40)23-5-3-7-25(17-23)38(42)43/h2-11,16-17,26H,12-15,18-19H2,1H3,(H,35,39). The molecule has 2 fully saturated rings. The molecule has 2 aliphatic rings. The number of likely N-dealkylation sites (tertiary alicyclic amines) is 1. The van der Waals surface area contributed by atoms with Crippen molar-refractivity contribution in [2.24, 2.45) is 0 Å². The molecule has 10 nitrogen and oxygen atoms in total. The fourth-order valence-electron chi connectivity index (χ4n) is 5.56. The number of rotatable bonds is 6. The topological polar surface area (TPSA) is 122 Å². The second-order valence-electron chi connectivity index (χ2n) is 10.8. The van der Waals surface area contributed by atoms with E-state index in [4.69, 9.17) is 4.74 Å². The van der Waals surface area contributed by atoms with Crippen molar-refractivity contribution in [3.8, 4) is 0 Å². The molecule has 1 atom stereocenters. The van der Waals surface area contributed by atoms with Gasteiger partial charge < -0.3 is 15.0 Å². The molecule has 3 amide bonds. The Morgan fingerprint density at radius 3 is 2.32 bits per heavy atom. The molecule has 3 aromatic rings. The number of amides is 3. The number of aryl methyl sites for hydroxylation is 1. The van der Waals surface area contributed by atoms with Crippen LogP contribution in [0.5, 0.6) is 0 Å². The number of carbonyl (C=O) groups is 3. The van der Waals surface area contributed by atoms with Gasteiger partial charge in [-0.1, -0.05) is 35.9 Å². The number of carbonyl (C=O) groups excluding carboxylic acids is 3. The second kappa shape index (κ2) is 12.1. The SMILES string of the molecule is Cc1ccc(C(=O)N2C(C(=O)NCc3cccc(C(F)(F)F)c3)COC23CCN(C(=O)c2cccc([N+](=O)[O-])c2)CC3)cc1. The molecule has 1 N–H and O–H groups in total. The lowest BCUT2D eigenvalue weighted by atomic mass is 9.96. The average molecular weight is 611 g/mol. The van der Waals surface area contributed by atoms with Crippen molar-refractivity contribution in [1.82, 2.24) is 15.1 Å². The first-order valence-corrected chi connectivity index (χ1v) is 13.9. The van der Waals surface area contributed by atoms with Crippen molar-refractivity contribution in [2.45, 2.75) is 44.3 Å². The molecule has 230 valence electrons. The molecule has 2 heterocycles. The Bertz CT molecular complexity index is 1590. The summed E-state index contributed by atoms with van der Waals surface area (Å²) in [5.41, 5.74) is -0.622. The predicted molar refractivity (Wildman–Crippen MR) is 151 cm³/mol. The first-order valence-electron chi connectivity index (χ1n) is 13.9. The summed E-state index contributed by atoms with van der Waals surface area (Å²) >= 11 is 0. The highest BCUT2D eigenvalue weighted by Crippen LogP contribution is 2.39. The quantitative estimate of drug-likeness (QED) is 0.319. The van der Waals surface area contributed by atoms with Gasteiger partial charge in [-0.3, -0.25) is 29.4 Å². The molecule has 1 unspecified atom stereocenters. The third-order valence-corrected chi connectivity index (χ3v) is 7.94. The van der Waals surface area contributed by atoms with E-state index >= 15 is 0 Å². The van der Waals surface area contributed by atoms with Gasteiger partial charge in [0, 0.05) is 55.7 Å². The third-order valence-electron chi connectivity index (χ3n) is 7.94. The number of piperidine rings is 1. The zero-order valence-corrected chi connectivity index (χ0v) is 23.7. The number of nitrogens with one attached hydrogen (secondary N) is 1. The Labute approximate surface area is 250 Å². The average Bonchev–Trinajstić information content (AvgIpc) is 3.38. The Morgan fingerprint density at radius 1 is 0.977 bits per heavy atom. The lowest BCUT2D eigenvalue weighted by Crippen LogP contribution is -2.59. The van der Waals surface area contributed by atoms with Crippen LogP contribution in [0, 0.1) is 17.0 Å². The van der Waals surface area contributed by atoms with Gasteiger partial charge in [-0.05, 0) is 42.8 Å². The van der Waals surface area contributed by atoms with Crippen molar-refractivity contribution < 1.29 is 37.2 Å². The molecule has 0 aromatic heterocycles.